The van der Waals surface area contributed by atoms with Crippen LogP contribution in [0.5, 0.6) is 5.75 Å². The van der Waals surface area contributed by atoms with E-state index in [-0.39, 0.29) is 0 Å². The van der Waals surface area contributed by atoms with E-state index in [1.54, 1.807) is 0 Å². The molecule has 0 spiro atoms. The molecule has 0 aliphatic rings. The molecular formula is C15H11O. The van der Waals surface area contributed by atoms with Gasteiger partial charge in [0, 0.05) is 5.56 Å². The van der Waals surface area contributed by atoms with Crippen LogP contribution in [-0.2, 0) is 0 Å². The molecule has 0 aliphatic carbocycles. The summed E-state index contributed by atoms with van der Waals surface area (Å²) < 4.78 is 5.65. The highest BCUT2D eigenvalue weighted by Gasteiger charge is 2.08. The highest BCUT2D eigenvalue weighted by Crippen LogP contribution is 2.20. The summed E-state index contributed by atoms with van der Waals surface area (Å²) >= 11 is 0. The van der Waals surface area contributed by atoms with Crippen molar-refractivity contribution in [3.8, 4) is 11.7 Å². The normalized spacial score (nSPS) is 11.4. The largest absolute Gasteiger partial charge is 0.473 e. The highest BCUT2D eigenvalue weighted by atomic mass is 16.5. The van der Waals surface area contributed by atoms with Crippen LogP contribution in [0.15, 0.2) is 60.7 Å². The van der Waals surface area contributed by atoms with Gasteiger partial charge < -0.3 is 4.74 Å². The number of hydrogen-bond acceptors (Lipinski definition) is 1. The fourth-order valence-electron chi connectivity index (χ4n) is 1.44. The maximum atomic E-state index is 7.27. The van der Waals surface area contributed by atoms with E-state index in [4.69, 9.17) is 11.2 Å². The molecule has 0 unspecified atom stereocenters. The van der Waals surface area contributed by atoms with Crippen LogP contribution < -0.4 is 4.74 Å². The standard InChI is InChI=1S/C15H11O/c1-2-15(13-9-5-3-6-10-13)16-14-11-7-4-8-12-14/h3-12,15H/t15-/m1/s1. The molecule has 0 saturated carbocycles. The predicted molar refractivity (Wildman–Crippen MR) is 63.4 cm³/mol. The summed E-state index contributed by atoms with van der Waals surface area (Å²) in [7, 11) is 0. The second kappa shape index (κ2) is 5.04. The Balaban J connectivity index is 2.17. The molecule has 0 amide bonds. The van der Waals surface area contributed by atoms with Crippen molar-refractivity contribution in [3.05, 3.63) is 72.7 Å². The molecule has 16 heavy (non-hydrogen) atoms. The SMILES string of the molecule is [C]#C[C@@H](Oc1ccccc1)c1ccccc1. The van der Waals surface area contributed by atoms with E-state index in [0.29, 0.717) is 0 Å². The zero-order chi connectivity index (χ0) is 11.2. The van der Waals surface area contributed by atoms with Gasteiger partial charge in [-0.1, -0.05) is 48.5 Å². The summed E-state index contributed by atoms with van der Waals surface area (Å²) in [6.07, 6.45) is 6.83. The van der Waals surface area contributed by atoms with Gasteiger partial charge in [0.1, 0.15) is 5.75 Å². The van der Waals surface area contributed by atoms with Gasteiger partial charge in [0.25, 0.3) is 0 Å². The molecule has 2 aromatic carbocycles. The summed E-state index contributed by atoms with van der Waals surface area (Å²) in [5.41, 5.74) is 0.932. The van der Waals surface area contributed by atoms with E-state index >= 15 is 0 Å². The third-order valence-electron chi connectivity index (χ3n) is 2.23. The number of benzene rings is 2. The minimum absolute atomic E-state index is 0.441. The van der Waals surface area contributed by atoms with Gasteiger partial charge >= 0.3 is 0 Å². The molecule has 0 bridgehead atoms. The Morgan fingerprint density at radius 2 is 1.44 bits per heavy atom. The lowest BCUT2D eigenvalue weighted by atomic mass is 10.1. The molecule has 0 saturated heterocycles. The zero-order valence-electron chi connectivity index (χ0n) is 8.76. The van der Waals surface area contributed by atoms with Crippen LogP contribution in [0.25, 0.3) is 0 Å². The third-order valence-corrected chi connectivity index (χ3v) is 2.23. The number of ether oxygens (including phenoxy) is 1. The maximum absolute atomic E-state index is 7.27. The molecule has 1 heteroatoms. The maximum Gasteiger partial charge on any atom is 0.185 e. The molecule has 77 valence electrons. The van der Waals surface area contributed by atoms with Crippen molar-refractivity contribution in [3.63, 3.8) is 0 Å². The average Bonchev–Trinajstić information content (AvgIpc) is 2.38. The minimum atomic E-state index is -0.441. The van der Waals surface area contributed by atoms with E-state index in [9.17, 15) is 0 Å². The van der Waals surface area contributed by atoms with Crippen molar-refractivity contribution in [2.75, 3.05) is 0 Å². The van der Waals surface area contributed by atoms with Gasteiger partial charge in [0.2, 0.25) is 0 Å². The lowest BCUT2D eigenvalue weighted by Gasteiger charge is -2.13. The van der Waals surface area contributed by atoms with Crippen LogP contribution >= 0.6 is 0 Å². The van der Waals surface area contributed by atoms with Crippen LogP contribution in [-0.4, -0.2) is 0 Å². The molecular weight excluding hydrogens is 196 g/mol. The Morgan fingerprint density at radius 1 is 0.875 bits per heavy atom. The van der Waals surface area contributed by atoms with Gasteiger partial charge in [0.15, 0.2) is 6.10 Å². The molecule has 2 rings (SSSR count). The molecule has 0 aromatic heterocycles. The van der Waals surface area contributed by atoms with Gasteiger partial charge in [-0.2, -0.15) is 0 Å². The lowest BCUT2D eigenvalue weighted by Crippen LogP contribution is -2.04. The Kier molecular flexibility index (Phi) is 3.25. The first-order valence-corrected chi connectivity index (χ1v) is 5.09. The first-order chi connectivity index (χ1) is 7.90. The summed E-state index contributed by atoms with van der Waals surface area (Å²) in [5.74, 6) is 3.14. The van der Waals surface area contributed by atoms with Gasteiger partial charge in [-0.3, -0.25) is 0 Å². The molecule has 0 heterocycles. The second-order valence-electron chi connectivity index (χ2n) is 3.37. The Hall–Kier alpha value is -2.20. The van der Waals surface area contributed by atoms with Crippen LogP contribution in [0.1, 0.15) is 11.7 Å². The Morgan fingerprint density at radius 3 is 2.00 bits per heavy atom. The fraction of sp³-hybridized carbons (Fsp3) is 0.0667. The summed E-state index contributed by atoms with van der Waals surface area (Å²) in [4.78, 5) is 0. The van der Waals surface area contributed by atoms with Gasteiger partial charge in [-0.15, -0.1) is 0 Å². The van der Waals surface area contributed by atoms with E-state index in [0.717, 1.165) is 11.3 Å². The van der Waals surface area contributed by atoms with E-state index in [2.05, 4.69) is 5.92 Å². The van der Waals surface area contributed by atoms with Crippen molar-refractivity contribution < 1.29 is 4.74 Å². The van der Waals surface area contributed by atoms with Gasteiger partial charge in [-0.25, -0.2) is 0 Å². The monoisotopic (exact) mass is 207 g/mol. The molecule has 0 fully saturated rings. The second-order valence-corrected chi connectivity index (χ2v) is 3.37. The van der Waals surface area contributed by atoms with Gasteiger partial charge in [0.05, 0.1) is 0 Å². The first-order valence-electron chi connectivity index (χ1n) is 5.09. The average molecular weight is 207 g/mol. The third kappa shape index (κ3) is 2.43. The molecule has 0 N–H and O–H groups in total. The Bertz CT molecular complexity index is 468. The van der Waals surface area contributed by atoms with Crippen molar-refractivity contribution >= 4 is 0 Å². The topological polar surface area (TPSA) is 9.23 Å². The summed E-state index contributed by atoms with van der Waals surface area (Å²) in [6, 6.07) is 19.1. The Labute approximate surface area is 95.7 Å². The smallest absolute Gasteiger partial charge is 0.185 e. The minimum Gasteiger partial charge on any atom is -0.473 e. The van der Waals surface area contributed by atoms with Crippen LogP contribution in [0.3, 0.4) is 0 Å². The number of para-hydroxylation sites is 1. The highest BCUT2D eigenvalue weighted by molar-refractivity contribution is 5.27. The van der Waals surface area contributed by atoms with E-state index < -0.39 is 6.10 Å². The lowest BCUT2D eigenvalue weighted by molar-refractivity contribution is 0.264. The van der Waals surface area contributed by atoms with Crippen LogP contribution in [0, 0.1) is 12.3 Å². The number of rotatable bonds is 3. The predicted octanol–water partition coefficient (Wildman–Crippen LogP) is 3.40. The fourth-order valence-corrected chi connectivity index (χ4v) is 1.44. The van der Waals surface area contributed by atoms with Crippen molar-refractivity contribution in [2.45, 2.75) is 6.10 Å². The zero-order valence-corrected chi connectivity index (χ0v) is 8.76. The number of hydrogen-bond donors (Lipinski definition) is 0. The van der Waals surface area contributed by atoms with Crippen molar-refractivity contribution in [2.24, 2.45) is 0 Å². The first kappa shape index (κ1) is 10.3. The molecule has 2 aromatic rings. The summed E-state index contributed by atoms with van der Waals surface area (Å²) in [6.45, 7) is 0. The molecule has 0 aliphatic heterocycles. The van der Waals surface area contributed by atoms with E-state index in [1.807, 2.05) is 60.7 Å². The summed E-state index contributed by atoms with van der Waals surface area (Å²) in [5, 5.41) is 0. The van der Waals surface area contributed by atoms with Crippen LogP contribution in [0.4, 0.5) is 0 Å². The van der Waals surface area contributed by atoms with Crippen molar-refractivity contribution in [1.82, 2.24) is 0 Å². The molecule has 1 atom stereocenters. The quantitative estimate of drug-likeness (QED) is 0.701. The van der Waals surface area contributed by atoms with Crippen molar-refractivity contribution in [1.29, 1.82) is 0 Å². The van der Waals surface area contributed by atoms with E-state index in [1.165, 1.54) is 0 Å². The van der Waals surface area contributed by atoms with Crippen LogP contribution in [0.2, 0.25) is 0 Å². The van der Waals surface area contributed by atoms with Gasteiger partial charge in [-0.05, 0) is 24.5 Å². The molecule has 1 nitrogen and oxygen atoms in total. The molecule has 1 radical (unpaired) electrons.